The molecule has 8 nitrogen and oxygen atoms in total. The summed E-state index contributed by atoms with van der Waals surface area (Å²) in [5.74, 6) is 0. The van der Waals surface area contributed by atoms with Gasteiger partial charge in [-0.15, -0.1) is 3.63 Å². The molecule has 0 bridgehead atoms. The maximum absolute atomic E-state index is 9.35. The Morgan fingerprint density at radius 1 is 1.00 bits per heavy atom. The minimum absolute atomic E-state index is 2.62. The first kappa shape index (κ1) is 14.0. The van der Waals surface area contributed by atoms with Gasteiger partial charge in [0.1, 0.15) is 0 Å². The van der Waals surface area contributed by atoms with E-state index in [-0.39, 0.29) is 0 Å². The van der Waals surface area contributed by atoms with Crippen molar-refractivity contribution in [1.29, 1.82) is 0 Å². The maximum atomic E-state index is 9.35. The van der Waals surface area contributed by atoms with E-state index in [1.54, 1.807) is 0 Å². The molecule has 0 fully saturated rings. The summed E-state index contributed by atoms with van der Waals surface area (Å²) in [6, 6.07) is 0. The van der Waals surface area contributed by atoms with Crippen molar-refractivity contribution in [1.82, 2.24) is 0 Å². The summed E-state index contributed by atoms with van der Waals surface area (Å²) in [6.45, 7) is 0. The van der Waals surface area contributed by atoms with E-state index in [0.29, 0.717) is 0 Å². The monoisotopic (exact) mass is 228 g/mol. The quantitative estimate of drug-likeness (QED) is 0.282. The van der Waals surface area contributed by atoms with Gasteiger partial charge in [0.2, 0.25) is 0 Å². The molecule has 11 heavy (non-hydrogen) atoms. The summed E-state index contributed by atoms with van der Waals surface area (Å²) >= 11 is -5.29. The molecule has 0 aromatic carbocycles. The molecule has 0 amide bonds. The largest absolute Gasteiger partial charge is 0.328 e. The van der Waals surface area contributed by atoms with Crippen LogP contribution >= 0.6 is 8.60 Å². The lowest BCUT2D eigenvalue weighted by atomic mass is 15.8. The standard InChI is InChI=1S/H2O5S2.H3O3P/c1-6(2)5-7(3)4;1-4(2)3/h(H,1,2)(H,3,4);1-3H. The molecule has 0 aromatic rings. The molecule has 0 aliphatic rings. The minimum atomic E-state index is -2.65. The Hall–Kier alpha value is 0.490. The third kappa shape index (κ3) is 37.5. The van der Waals surface area contributed by atoms with Crippen LogP contribution in [0.15, 0.2) is 0 Å². The molecule has 0 spiro atoms. The fourth-order valence-corrected chi connectivity index (χ4v) is 0.448. The van der Waals surface area contributed by atoms with Crippen molar-refractivity contribution in [2.45, 2.75) is 0 Å². The zero-order chi connectivity index (χ0) is 9.44. The van der Waals surface area contributed by atoms with Gasteiger partial charge >= 0.3 is 31.3 Å². The van der Waals surface area contributed by atoms with Crippen molar-refractivity contribution < 1.29 is 35.8 Å². The van der Waals surface area contributed by atoms with Gasteiger partial charge in [-0.25, -0.2) is 0 Å². The van der Waals surface area contributed by atoms with Gasteiger partial charge in [-0.2, -0.15) is 8.42 Å². The smallest absolute Gasteiger partial charge is 0.324 e. The van der Waals surface area contributed by atoms with Gasteiger partial charge in [0.15, 0.2) is 0 Å². The maximum Gasteiger partial charge on any atom is 0.324 e. The summed E-state index contributed by atoms with van der Waals surface area (Å²) in [4.78, 5) is 21.7. The third-order valence-electron chi connectivity index (χ3n) is 0.116. The normalized spacial score (nSPS) is 15.1. The lowest BCUT2D eigenvalue weighted by Gasteiger charge is -1.82. The first-order valence-corrected chi connectivity index (χ1v) is 4.90. The van der Waals surface area contributed by atoms with E-state index < -0.39 is 31.3 Å². The van der Waals surface area contributed by atoms with Crippen LogP contribution < -0.4 is 0 Å². The molecular formula is H5O8PS2. The molecule has 70 valence electrons. The van der Waals surface area contributed by atoms with Crippen LogP contribution in [0.25, 0.3) is 0 Å². The highest BCUT2D eigenvalue weighted by atomic mass is 32.3. The van der Waals surface area contributed by atoms with Gasteiger partial charge in [0, 0.05) is 0 Å². The first-order chi connectivity index (χ1) is 4.86. The average molecular weight is 228 g/mol. The summed E-state index contributed by atoms with van der Waals surface area (Å²) < 4.78 is 37.2. The molecule has 5 N–H and O–H groups in total. The molecule has 11 heteroatoms. The summed E-state index contributed by atoms with van der Waals surface area (Å²) in [7, 11) is -2.62. The second kappa shape index (κ2) is 8.59. The van der Waals surface area contributed by atoms with Crippen LogP contribution in [0.2, 0.25) is 0 Å². The van der Waals surface area contributed by atoms with E-state index in [1.165, 1.54) is 0 Å². The second-order valence-corrected chi connectivity index (χ2v) is 2.72. The van der Waals surface area contributed by atoms with Gasteiger partial charge in [-0.1, -0.05) is 0 Å². The van der Waals surface area contributed by atoms with E-state index >= 15 is 0 Å². The SMILES string of the molecule is O=S(O)OS(=O)O.OP(O)O. The summed E-state index contributed by atoms with van der Waals surface area (Å²) in [5, 5.41) is 0. The second-order valence-electron chi connectivity index (χ2n) is 0.771. The van der Waals surface area contributed by atoms with Crippen molar-refractivity contribution in [3.8, 4) is 0 Å². The highest BCUT2D eigenvalue weighted by Crippen LogP contribution is 2.11. The molecule has 0 saturated carbocycles. The molecule has 0 rings (SSSR count). The van der Waals surface area contributed by atoms with Crippen LogP contribution in [-0.2, 0) is 26.4 Å². The molecule has 0 unspecified atom stereocenters. The van der Waals surface area contributed by atoms with Crippen LogP contribution in [0, 0.1) is 0 Å². The van der Waals surface area contributed by atoms with Crippen LogP contribution in [0.4, 0.5) is 0 Å². The van der Waals surface area contributed by atoms with Gasteiger partial charge < -0.3 is 14.7 Å². The fourth-order valence-electron chi connectivity index (χ4n) is 0.0498. The number of rotatable bonds is 2. The Labute approximate surface area is 67.8 Å². The lowest BCUT2D eigenvalue weighted by Crippen LogP contribution is -1.96. The van der Waals surface area contributed by atoms with Crippen molar-refractivity contribution in [2.75, 3.05) is 0 Å². The van der Waals surface area contributed by atoms with E-state index in [9.17, 15) is 8.42 Å². The Bertz CT molecular complexity index is 115. The van der Waals surface area contributed by atoms with Gasteiger partial charge in [0.25, 0.3) is 0 Å². The summed E-state index contributed by atoms with van der Waals surface area (Å²) in [6.07, 6.45) is 0. The predicted molar refractivity (Wildman–Crippen MR) is 36.2 cm³/mol. The zero-order valence-electron chi connectivity index (χ0n) is 4.72. The van der Waals surface area contributed by atoms with Gasteiger partial charge in [-0.3, -0.25) is 9.11 Å². The Morgan fingerprint density at radius 3 is 1.18 bits per heavy atom. The van der Waals surface area contributed by atoms with Crippen molar-refractivity contribution in [3.63, 3.8) is 0 Å². The predicted octanol–water partition coefficient (Wildman–Crippen LogP) is -1.53. The van der Waals surface area contributed by atoms with E-state index in [4.69, 9.17) is 23.8 Å². The molecule has 0 radical (unpaired) electrons. The topological polar surface area (TPSA) is 145 Å². The van der Waals surface area contributed by atoms with Gasteiger partial charge in [0.05, 0.1) is 0 Å². The number of hydrogen-bond donors (Lipinski definition) is 5. The summed E-state index contributed by atoms with van der Waals surface area (Å²) in [5.41, 5.74) is 0. The molecule has 0 saturated heterocycles. The Kier molecular flexibility index (Phi) is 11.0. The van der Waals surface area contributed by atoms with Crippen LogP contribution in [0.5, 0.6) is 0 Å². The molecule has 0 aliphatic carbocycles. The third-order valence-corrected chi connectivity index (χ3v) is 1.05. The first-order valence-electron chi connectivity index (χ1n) is 1.63. The van der Waals surface area contributed by atoms with Crippen molar-refractivity contribution >= 4 is 31.3 Å². The lowest BCUT2D eigenvalue weighted by molar-refractivity contribution is 0.368. The molecule has 0 heterocycles. The van der Waals surface area contributed by atoms with Crippen molar-refractivity contribution in [3.05, 3.63) is 0 Å². The fraction of sp³-hybridized carbons (Fsp3) is 0. The molecule has 0 aromatic heterocycles. The molecule has 0 aliphatic heterocycles. The van der Waals surface area contributed by atoms with Gasteiger partial charge in [-0.05, 0) is 0 Å². The van der Waals surface area contributed by atoms with E-state index in [2.05, 4.69) is 3.63 Å². The minimum Gasteiger partial charge on any atom is -0.328 e. The Balaban J connectivity index is 0. The average Bonchev–Trinajstić information content (AvgIpc) is 1.56. The Morgan fingerprint density at radius 2 is 1.18 bits per heavy atom. The van der Waals surface area contributed by atoms with Crippen molar-refractivity contribution in [2.24, 2.45) is 0 Å². The molecular weight excluding hydrogens is 223 g/mol. The molecule has 0 atom stereocenters. The van der Waals surface area contributed by atoms with Crippen LogP contribution in [-0.4, -0.2) is 32.2 Å². The zero-order valence-corrected chi connectivity index (χ0v) is 7.25. The van der Waals surface area contributed by atoms with E-state index in [1.807, 2.05) is 0 Å². The van der Waals surface area contributed by atoms with E-state index in [0.717, 1.165) is 0 Å². The number of hydrogen-bond acceptors (Lipinski definition) is 6. The highest BCUT2D eigenvalue weighted by Gasteiger charge is 1.95. The van der Waals surface area contributed by atoms with Crippen LogP contribution in [0.3, 0.4) is 0 Å². The van der Waals surface area contributed by atoms with Crippen LogP contribution in [0.1, 0.15) is 0 Å². The highest BCUT2D eigenvalue weighted by molar-refractivity contribution is 7.87.